The van der Waals surface area contributed by atoms with Crippen LogP contribution in [0.25, 0.3) is 6.08 Å². The molecule has 0 bridgehead atoms. The van der Waals surface area contributed by atoms with Crippen molar-refractivity contribution in [2.24, 2.45) is 0 Å². The molecule has 5 nitrogen and oxygen atoms in total. The van der Waals surface area contributed by atoms with E-state index in [1.54, 1.807) is 0 Å². The Hall–Kier alpha value is -2.56. The van der Waals surface area contributed by atoms with Crippen LogP contribution in [0.4, 0.5) is 0 Å². The molecule has 0 spiro atoms. The summed E-state index contributed by atoms with van der Waals surface area (Å²) in [6.07, 6.45) is 3.84. The second-order valence-corrected chi connectivity index (χ2v) is 3.81. The van der Waals surface area contributed by atoms with Crippen LogP contribution in [-0.4, -0.2) is 16.2 Å². The molecule has 0 aliphatic heterocycles. The third kappa shape index (κ3) is 3.22. The summed E-state index contributed by atoms with van der Waals surface area (Å²) < 4.78 is 10.5. The highest BCUT2D eigenvalue weighted by atomic mass is 16.5. The Bertz CT molecular complexity index is 601. The van der Waals surface area contributed by atoms with Crippen molar-refractivity contribution in [2.45, 2.75) is 13.5 Å². The Morgan fingerprint density at radius 3 is 2.95 bits per heavy atom. The molecule has 0 saturated heterocycles. The summed E-state index contributed by atoms with van der Waals surface area (Å²) in [6, 6.07) is 8.90. The maximum Gasteiger partial charge on any atom is 0.358 e. The van der Waals surface area contributed by atoms with E-state index in [9.17, 15) is 4.79 Å². The van der Waals surface area contributed by atoms with Gasteiger partial charge >= 0.3 is 5.97 Å². The van der Waals surface area contributed by atoms with Gasteiger partial charge in [-0.05, 0) is 13.0 Å². The predicted molar refractivity (Wildman–Crippen MR) is 68.9 cm³/mol. The van der Waals surface area contributed by atoms with E-state index in [0.717, 1.165) is 5.56 Å². The molecule has 98 valence electrons. The normalized spacial score (nSPS) is 10.8. The van der Waals surface area contributed by atoms with E-state index in [-0.39, 0.29) is 12.3 Å². The highest BCUT2D eigenvalue weighted by molar-refractivity contribution is 5.85. The summed E-state index contributed by atoms with van der Waals surface area (Å²) in [5.74, 6) is -0.0501. The molecule has 0 atom stereocenters. The van der Waals surface area contributed by atoms with E-state index in [4.69, 9.17) is 14.4 Å². The van der Waals surface area contributed by atoms with Gasteiger partial charge in [-0.1, -0.05) is 35.5 Å². The number of aromatic carboxylic acids is 1. The van der Waals surface area contributed by atoms with Gasteiger partial charge in [0, 0.05) is 11.6 Å². The largest absolute Gasteiger partial charge is 0.485 e. The monoisotopic (exact) mass is 259 g/mol. The quantitative estimate of drug-likeness (QED) is 0.893. The first-order valence-corrected chi connectivity index (χ1v) is 5.74. The van der Waals surface area contributed by atoms with Crippen LogP contribution in [0, 0.1) is 0 Å². The number of carbonyl (C=O) groups is 1. The second kappa shape index (κ2) is 5.86. The van der Waals surface area contributed by atoms with E-state index in [1.165, 1.54) is 6.07 Å². The topological polar surface area (TPSA) is 72.6 Å². The number of benzene rings is 1. The minimum Gasteiger partial charge on any atom is -0.485 e. The molecule has 1 aromatic carbocycles. The number of aromatic nitrogens is 1. The molecule has 2 aromatic rings. The Labute approximate surface area is 110 Å². The van der Waals surface area contributed by atoms with Crippen molar-refractivity contribution in [1.82, 2.24) is 5.16 Å². The highest BCUT2D eigenvalue weighted by Gasteiger charge is 2.11. The summed E-state index contributed by atoms with van der Waals surface area (Å²) in [6.45, 7) is 2.06. The molecule has 1 heterocycles. The fourth-order valence-electron chi connectivity index (χ4n) is 1.56. The number of nitrogens with zero attached hydrogens (tertiary/aromatic N) is 1. The number of allylic oxidation sites excluding steroid dienone is 1. The molecular formula is C14H13NO4. The van der Waals surface area contributed by atoms with Crippen LogP contribution in [-0.2, 0) is 6.61 Å². The van der Waals surface area contributed by atoms with Gasteiger partial charge < -0.3 is 14.4 Å². The highest BCUT2D eigenvalue weighted by Crippen LogP contribution is 2.20. The van der Waals surface area contributed by atoms with Crippen LogP contribution >= 0.6 is 0 Å². The van der Waals surface area contributed by atoms with Gasteiger partial charge in [-0.3, -0.25) is 0 Å². The second-order valence-electron chi connectivity index (χ2n) is 3.81. The predicted octanol–water partition coefficient (Wildman–Crippen LogP) is 2.98. The van der Waals surface area contributed by atoms with Crippen molar-refractivity contribution in [3.05, 3.63) is 53.4 Å². The maximum atomic E-state index is 10.7. The van der Waals surface area contributed by atoms with Crippen LogP contribution in [0.1, 0.15) is 28.7 Å². The van der Waals surface area contributed by atoms with Gasteiger partial charge in [0.05, 0.1) is 0 Å². The minimum atomic E-state index is -1.12. The van der Waals surface area contributed by atoms with Gasteiger partial charge in [-0.25, -0.2) is 4.79 Å². The zero-order valence-corrected chi connectivity index (χ0v) is 10.4. The van der Waals surface area contributed by atoms with Gasteiger partial charge in [0.15, 0.2) is 11.5 Å². The summed E-state index contributed by atoms with van der Waals surface area (Å²) >= 11 is 0. The van der Waals surface area contributed by atoms with E-state index < -0.39 is 5.97 Å². The molecule has 19 heavy (non-hydrogen) atoms. The molecule has 0 unspecified atom stereocenters. The van der Waals surface area contributed by atoms with E-state index >= 15 is 0 Å². The number of hydrogen-bond donors (Lipinski definition) is 1. The van der Waals surface area contributed by atoms with Crippen LogP contribution in [0.15, 0.2) is 40.9 Å². The third-order valence-electron chi connectivity index (χ3n) is 2.41. The van der Waals surface area contributed by atoms with Crippen LogP contribution < -0.4 is 4.74 Å². The fourth-order valence-corrected chi connectivity index (χ4v) is 1.56. The minimum absolute atomic E-state index is 0.125. The molecule has 0 saturated carbocycles. The van der Waals surface area contributed by atoms with E-state index in [2.05, 4.69) is 5.16 Å². The van der Waals surface area contributed by atoms with E-state index in [0.29, 0.717) is 11.5 Å². The molecular weight excluding hydrogens is 246 g/mol. The Morgan fingerprint density at radius 2 is 2.26 bits per heavy atom. The Balaban J connectivity index is 2.07. The molecule has 5 heteroatoms. The smallest absolute Gasteiger partial charge is 0.358 e. The molecule has 0 aliphatic rings. The molecule has 0 radical (unpaired) electrons. The summed E-state index contributed by atoms with van der Waals surface area (Å²) in [7, 11) is 0. The van der Waals surface area contributed by atoms with Gasteiger partial charge in [0.2, 0.25) is 0 Å². The molecule has 1 N–H and O–H groups in total. The molecule has 0 amide bonds. The number of carboxylic acids is 1. The number of para-hydroxylation sites is 1. The molecule has 1 aromatic heterocycles. The lowest BCUT2D eigenvalue weighted by Crippen LogP contribution is -1.96. The zero-order chi connectivity index (χ0) is 13.7. The first-order valence-electron chi connectivity index (χ1n) is 5.74. The van der Waals surface area contributed by atoms with Crippen molar-refractivity contribution in [3.8, 4) is 5.75 Å². The van der Waals surface area contributed by atoms with Crippen molar-refractivity contribution >= 4 is 12.0 Å². The molecule has 0 fully saturated rings. The van der Waals surface area contributed by atoms with Crippen LogP contribution in [0.5, 0.6) is 5.75 Å². The van der Waals surface area contributed by atoms with Gasteiger partial charge in [0.25, 0.3) is 0 Å². The standard InChI is InChI=1S/C14H13NO4/c1-2-5-10-6-3-4-7-13(10)18-9-11-8-12(14(16)17)15-19-11/h2-8H,9H2,1H3,(H,16,17). The lowest BCUT2D eigenvalue weighted by atomic mass is 10.2. The average molecular weight is 259 g/mol. The maximum absolute atomic E-state index is 10.7. The van der Waals surface area contributed by atoms with Crippen LogP contribution in [0.3, 0.4) is 0 Å². The summed E-state index contributed by atoms with van der Waals surface area (Å²) in [5.41, 5.74) is 0.823. The van der Waals surface area contributed by atoms with Crippen molar-refractivity contribution in [3.63, 3.8) is 0 Å². The lowest BCUT2D eigenvalue weighted by molar-refractivity contribution is 0.0685. The van der Waals surface area contributed by atoms with Gasteiger partial charge in [-0.15, -0.1) is 0 Å². The van der Waals surface area contributed by atoms with Crippen molar-refractivity contribution < 1.29 is 19.2 Å². The van der Waals surface area contributed by atoms with E-state index in [1.807, 2.05) is 43.3 Å². The third-order valence-corrected chi connectivity index (χ3v) is 2.41. The number of carboxylic acid groups (broad SMARTS) is 1. The number of rotatable bonds is 5. The first kappa shape index (κ1) is 12.9. The average Bonchev–Trinajstić information content (AvgIpc) is 2.87. The summed E-state index contributed by atoms with van der Waals surface area (Å²) in [4.78, 5) is 10.7. The van der Waals surface area contributed by atoms with Gasteiger partial charge in [0.1, 0.15) is 12.4 Å². The zero-order valence-electron chi connectivity index (χ0n) is 10.4. The fraction of sp³-hybridized carbons (Fsp3) is 0.143. The number of hydrogen-bond acceptors (Lipinski definition) is 4. The first-order chi connectivity index (χ1) is 9.20. The molecule has 2 rings (SSSR count). The Kier molecular flexibility index (Phi) is 3.97. The number of ether oxygens (including phenoxy) is 1. The van der Waals surface area contributed by atoms with Crippen molar-refractivity contribution in [1.29, 1.82) is 0 Å². The molecule has 0 aliphatic carbocycles. The lowest BCUT2D eigenvalue weighted by Gasteiger charge is -2.06. The van der Waals surface area contributed by atoms with Gasteiger partial charge in [-0.2, -0.15) is 0 Å². The SMILES string of the molecule is CC=Cc1ccccc1OCc1cc(C(=O)O)no1. The Morgan fingerprint density at radius 1 is 1.47 bits per heavy atom. The van der Waals surface area contributed by atoms with Crippen LogP contribution in [0.2, 0.25) is 0 Å². The summed E-state index contributed by atoms with van der Waals surface area (Å²) in [5, 5.41) is 12.1. The van der Waals surface area contributed by atoms with Crippen molar-refractivity contribution in [2.75, 3.05) is 0 Å².